The molecular formula is C19H20N4OS. The van der Waals surface area contributed by atoms with E-state index in [1.165, 1.54) is 0 Å². The van der Waals surface area contributed by atoms with Crippen molar-refractivity contribution >= 4 is 23.4 Å². The monoisotopic (exact) mass is 352 g/mol. The fourth-order valence-electron chi connectivity index (χ4n) is 2.44. The average molecular weight is 352 g/mol. The van der Waals surface area contributed by atoms with Crippen molar-refractivity contribution in [2.24, 2.45) is 0 Å². The predicted molar refractivity (Wildman–Crippen MR) is 101 cm³/mol. The molecule has 6 heteroatoms. The van der Waals surface area contributed by atoms with E-state index in [9.17, 15) is 4.79 Å². The van der Waals surface area contributed by atoms with Gasteiger partial charge in [0, 0.05) is 30.0 Å². The number of anilines is 1. The zero-order valence-corrected chi connectivity index (χ0v) is 14.9. The lowest BCUT2D eigenvalue weighted by Gasteiger charge is -2.09. The first-order chi connectivity index (χ1) is 12.3. The Bertz CT molecular complexity index is 818. The van der Waals surface area contributed by atoms with E-state index in [4.69, 9.17) is 0 Å². The lowest BCUT2D eigenvalue weighted by atomic mass is 10.3. The number of nitrogens with zero attached hydrogens (tertiary/aromatic N) is 3. The lowest BCUT2D eigenvalue weighted by molar-refractivity contribution is -0.115. The predicted octanol–water partition coefficient (Wildman–Crippen LogP) is 3.95. The molecule has 128 valence electrons. The minimum absolute atomic E-state index is 0.000177. The van der Waals surface area contributed by atoms with E-state index in [1.54, 1.807) is 11.8 Å². The minimum Gasteiger partial charge on any atom is -0.326 e. The third kappa shape index (κ3) is 4.48. The molecule has 0 aliphatic rings. The summed E-state index contributed by atoms with van der Waals surface area (Å²) in [6, 6.07) is 19.5. The molecule has 25 heavy (non-hydrogen) atoms. The number of hydrogen-bond acceptors (Lipinski definition) is 4. The highest BCUT2D eigenvalue weighted by Crippen LogP contribution is 2.23. The van der Waals surface area contributed by atoms with Gasteiger partial charge in [0.2, 0.25) is 5.91 Å². The van der Waals surface area contributed by atoms with Crippen LogP contribution in [-0.2, 0) is 11.2 Å². The van der Waals surface area contributed by atoms with E-state index in [0.717, 1.165) is 28.8 Å². The van der Waals surface area contributed by atoms with Crippen molar-refractivity contribution in [3.8, 4) is 5.69 Å². The number of para-hydroxylation sites is 2. The van der Waals surface area contributed by atoms with Gasteiger partial charge >= 0.3 is 0 Å². The molecule has 0 atom stereocenters. The van der Waals surface area contributed by atoms with Crippen LogP contribution in [-0.4, -0.2) is 26.4 Å². The van der Waals surface area contributed by atoms with Gasteiger partial charge in [-0.1, -0.05) is 55.1 Å². The number of aryl methyl sites for hydroxylation is 1. The molecule has 0 unspecified atom stereocenters. The molecule has 0 saturated heterocycles. The first kappa shape index (κ1) is 17.2. The first-order valence-corrected chi connectivity index (χ1v) is 9.24. The van der Waals surface area contributed by atoms with Gasteiger partial charge in [0.15, 0.2) is 5.16 Å². The minimum atomic E-state index is 0.000177. The van der Waals surface area contributed by atoms with Crippen LogP contribution in [0.2, 0.25) is 0 Å². The largest absolute Gasteiger partial charge is 0.326 e. The van der Waals surface area contributed by atoms with Crippen LogP contribution in [0.15, 0.2) is 65.8 Å². The van der Waals surface area contributed by atoms with Crippen LogP contribution in [0.5, 0.6) is 0 Å². The second-order valence-corrected chi connectivity index (χ2v) is 6.50. The van der Waals surface area contributed by atoms with E-state index >= 15 is 0 Å². The number of rotatable bonds is 7. The number of nitrogens with one attached hydrogen (secondary N) is 1. The molecule has 1 aromatic heterocycles. The maximum atomic E-state index is 12.1. The number of aromatic nitrogens is 3. The van der Waals surface area contributed by atoms with Gasteiger partial charge in [-0.2, -0.15) is 0 Å². The molecular weight excluding hydrogens is 332 g/mol. The van der Waals surface area contributed by atoms with Gasteiger partial charge in [-0.25, -0.2) is 0 Å². The summed E-state index contributed by atoms with van der Waals surface area (Å²) < 4.78 is 2.06. The summed E-state index contributed by atoms with van der Waals surface area (Å²) in [5.41, 5.74) is 1.86. The van der Waals surface area contributed by atoms with Crippen molar-refractivity contribution in [2.45, 2.75) is 24.9 Å². The summed E-state index contributed by atoms with van der Waals surface area (Å²) in [4.78, 5) is 12.1. The summed E-state index contributed by atoms with van der Waals surface area (Å²) in [6.07, 6.45) is 1.22. The summed E-state index contributed by atoms with van der Waals surface area (Å²) in [7, 11) is 0. The molecule has 0 aliphatic carbocycles. The molecule has 0 spiro atoms. The Hall–Kier alpha value is -2.60. The number of carbonyl (C=O) groups excluding carboxylic acids is 1. The quantitative estimate of drug-likeness (QED) is 0.654. The Labute approximate surface area is 151 Å². The van der Waals surface area contributed by atoms with E-state index in [2.05, 4.69) is 27.0 Å². The van der Waals surface area contributed by atoms with Crippen molar-refractivity contribution in [3.05, 3.63) is 66.5 Å². The molecule has 1 amide bonds. The summed E-state index contributed by atoms with van der Waals surface area (Å²) >= 11 is 1.55. The average Bonchev–Trinajstić information content (AvgIpc) is 3.06. The zero-order valence-electron chi connectivity index (χ0n) is 14.1. The van der Waals surface area contributed by atoms with Gasteiger partial charge in [-0.05, 0) is 24.3 Å². The van der Waals surface area contributed by atoms with Gasteiger partial charge in [0.1, 0.15) is 5.82 Å². The van der Waals surface area contributed by atoms with Gasteiger partial charge in [0.05, 0.1) is 0 Å². The highest BCUT2D eigenvalue weighted by Gasteiger charge is 2.13. The van der Waals surface area contributed by atoms with E-state index < -0.39 is 0 Å². The van der Waals surface area contributed by atoms with Crippen molar-refractivity contribution in [2.75, 3.05) is 11.1 Å². The number of benzene rings is 2. The second kappa shape index (κ2) is 8.48. The number of carbonyl (C=O) groups is 1. The normalized spacial score (nSPS) is 10.6. The number of thioether (sulfide) groups is 1. The fraction of sp³-hybridized carbons (Fsp3) is 0.211. The molecule has 3 aromatic rings. The fourth-order valence-corrected chi connectivity index (χ4v) is 3.35. The van der Waals surface area contributed by atoms with Crippen LogP contribution in [0.25, 0.3) is 5.69 Å². The summed E-state index contributed by atoms with van der Waals surface area (Å²) in [5, 5.41) is 12.3. The van der Waals surface area contributed by atoms with Crippen LogP contribution >= 0.6 is 11.8 Å². The van der Waals surface area contributed by atoms with Crippen LogP contribution in [0, 0.1) is 0 Å². The maximum absolute atomic E-state index is 12.1. The van der Waals surface area contributed by atoms with Crippen LogP contribution < -0.4 is 5.32 Å². The van der Waals surface area contributed by atoms with Crippen molar-refractivity contribution in [1.29, 1.82) is 0 Å². The molecule has 0 aliphatic heterocycles. The lowest BCUT2D eigenvalue weighted by Crippen LogP contribution is -2.12. The Morgan fingerprint density at radius 3 is 2.40 bits per heavy atom. The van der Waals surface area contributed by atoms with Crippen LogP contribution in [0.3, 0.4) is 0 Å². The Kier molecular flexibility index (Phi) is 5.85. The van der Waals surface area contributed by atoms with Gasteiger partial charge < -0.3 is 5.32 Å². The molecule has 0 saturated carbocycles. The first-order valence-electron chi connectivity index (χ1n) is 8.25. The highest BCUT2D eigenvalue weighted by molar-refractivity contribution is 7.99. The maximum Gasteiger partial charge on any atom is 0.225 e. The summed E-state index contributed by atoms with van der Waals surface area (Å²) in [5.74, 6) is 1.57. The second-order valence-electron chi connectivity index (χ2n) is 5.44. The smallest absolute Gasteiger partial charge is 0.225 e. The number of amides is 1. The van der Waals surface area contributed by atoms with Crippen LogP contribution in [0.1, 0.15) is 19.2 Å². The van der Waals surface area contributed by atoms with Crippen molar-refractivity contribution < 1.29 is 4.79 Å². The molecule has 2 aromatic carbocycles. The molecule has 5 nitrogen and oxygen atoms in total. The van der Waals surface area contributed by atoms with Crippen LogP contribution in [0.4, 0.5) is 5.69 Å². The van der Waals surface area contributed by atoms with E-state index in [0.29, 0.717) is 12.2 Å². The third-order valence-corrected chi connectivity index (χ3v) is 4.58. The number of hydrogen-bond donors (Lipinski definition) is 1. The van der Waals surface area contributed by atoms with Gasteiger partial charge in [0.25, 0.3) is 0 Å². The molecule has 3 rings (SSSR count). The van der Waals surface area contributed by atoms with Gasteiger partial charge in [-0.15, -0.1) is 10.2 Å². The van der Waals surface area contributed by atoms with E-state index in [-0.39, 0.29) is 5.91 Å². The molecule has 0 bridgehead atoms. The Morgan fingerprint density at radius 2 is 1.72 bits per heavy atom. The molecule has 1 heterocycles. The highest BCUT2D eigenvalue weighted by atomic mass is 32.2. The van der Waals surface area contributed by atoms with E-state index in [1.807, 2.05) is 60.7 Å². The standard InChI is InChI=1S/C19H20N4OS/c1-2-17-21-22-19(23(17)16-11-7-4-8-12-16)25-14-13-18(24)20-15-9-5-3-6-10-15/h3-12H,2,13-14H2,1H3,(H,20,24). The molecule has 1 N–H and O–H groups in total. The Morgan fingerprint density at radius 1 is 1.04 bits per heavy atom. The third-order valence-electron chi connectivity index (χ3n) is 3.65. The van der Waals surface area contributed by atoms with Crippen molar-refractivity contribution in [1.82, 2.24) is 14.8 Å². The van der Waals surface area contributed by atoms with Crippen molar-refractivity contribution in [3.63, 3.8) is 0 Å². The molecule has 0 fully saturated rings. The zero-order chi connectivity index (χ0) is 17.5. The Balaban J connectivity index is 1.62. The SMILES string of the molecule is CCc1nnc(SCCC(=O)Nc2ccccc2)n1-c1ccccc1. The molecule has 0 radical (unpaired) electrons. The van der Waals surface area contributed by atoms with Gasteiger partial charge in [-0.3, -0.25) is 9.36 Å². The summed E-state index contributed by atoms with van der Waals surface area (Å²) in [6.45, 7) is 2.06. The topological polar surface area (TPSA) is 59.8 Å².